The molecule has 1 aromatic rings. The maximum absolute atomic E-state index is 12.4. The Morgan fingerprint density at radius 2 is 2.11 bits per heavy atom. The van der Waals surface area contributed by atoms with E-state index in [1.54, 1.807) is 11.3 Å². The predicted octanol–water partition coefficient (Wildman–Crippen LogP) is 3.16. The van der Waals surface area contributed by atoms with Crippen LogP contribution in [0.3, 0.4) is 0 Å². The van der Waals surface area contributed by atoms with Crippen LogP contribution in [-0.4, -0.2) is 53.2 Å². The molecule has 0 bridgehead atoms. The van der Waals surface area contributed by atoms with Gasteiger partial charge in [-0.05, 0) is 47.0 Å². The molecule has 0 unspecified atom stereocenters. The van der Waals surface area contributed by atoms with E-state index in [4.69, 9.17) is 4.74 Å². The van der Waals surface area contributed by atoms with Crippen LogP contribution in [0, 0.1) is 0 Å². The summed E-state index contributed by atoms with van der Waals surface area (Å²) in [6, 6.07) is 0.309. The van der Waals surface area contributed by atoms with E-state index in [1.807, 2.05) is 38.8 Å². The second-order valence-corrected chi connectivity index (χ2v) is 8.80. The summed E-state index contributed by atoms with van der Waals surface area (Å²) in [5.41, 5.74) is -0.473. The van der Waals surface area contributed by atoms with E-state index in [2.05, 4.69) is 27.5 Å². The molecule has 0 spiro atoms. The average molecular weight is 396 g/mol. The number of nitrogens with one attached hydrogen (secondary N) is 2. The van der Waals surface area contributed by atoms with E-state index < -0.39 is 5.60 Å². The summed E-state index contributed by atoms with van der Waals surface area (Å²) in [6.45, 7) is 12.4. The summed E-state index contributed by atoms with van der Waals surface area (Å²) >= 11 is 1.70. The number of hydrogen-bond donors (Lipinski definition) is 2. The number of hydrogen-bond acceptors (Lipinski definition) is 5. The van der Waals surface area contributed by atoms with Gasteiger partial charge in [0.25, 0.3) is 0 Å². The van der Waals surface area contributed by atoms with Crippen molar-refractivity contribution in [3.05, 3.63) is 16.1 Å². The fourth-order valence-corrected chi connectivity index (χ4v) is 3.28. The minimum Gasteiger partial charge on any atom is -0.444 e. The van der Waals surface area contributed by atoms with Gasteiger partial charge in [0.15, 0.2) is 5.96 Å². The second-order valence-electron chi connectivity index (χ2n) is 7.60. The number of carbonyl (C=O) groups excluding carboxylic acids is 1. The van der Waals surface area contributed by atoms with Crippen molar-refractivity contribution < 1.29 is 9.53 Å². The number of carbonyl (C=O) groups is 1. The Morgan fingerprint density at radius 3 is 2.67 bits per heavy atom. The van der Waals surface area contributed by atoms with E-state index in [-0.39, 0.29) is 6.09 Å². The quantitative estimate of drug-likeness (QED) is 0.522. The summed E-state index contributed by atoms with van der Waals surface area (Å²) in [4.78, 5) is 24.5. The standard InChI is InChI=1S/C19H33N5O2S/c1-6-15-12-22-16(27-15)13-23-17(20-7-2)21-10-11-24(14-8-9-14)18(25)26-19(3,4)5/h12,14H,6-11,13H2,1-5H3,(H2,20,21,23). The van der Waals surface area contributed by atoms with Crippen LogP contribution in [0.15, 0.2) is 11.2 Å². The van der Waals surface area contributed by atoms with Crippen LogP contribution in [-0.2, 0) is 17.7 Å². The zero-order valence-corrected chi connectivity index (χ0v) is 18.0. The smallest absolute Gasteiger partial charge is 0.410 e. The first kappa shape index (κ1) is 21.5. The summed E-state index contributed by atoms with van der Waals surface area (Å²) in [5.74, 6) is 0.741. The number of guanidine groups is 1. The van der Waals surface area contributed by atoms with Crippen molar-refractivity contribution in [2.24, 2.45) is 4.99 Å². The van der Waals surface area contributed by atoms with E-state index in [9.17, 15) is 4.79 Å². The van der Waals surface area contributed by atoms with Crippen molar-refractivity contribution in [1.82, 2.24) is 20.5 Å². The molecule has 8 heteroatoms. The third-order valence-electron chi connectivity index (χ3n) is 3.93. The monoisotopic (exact) mass is 395 g/mol. The molecule has 1 amide bonds. The van der Waals surface area contributed by atoms with Crippen LogP contribution >= 0.6 is 11.3 Å². The van der Waals surface area contributed by atoms with Crippen LogP contribution in [0.1, 0.15) is 57.3 Å². The molecule has 1 aliphatic carbocycles. The molecule has 0 aliphatic heterocycles. The Morgan fingerprint density at radius 1 is 1.37 bits per heavy atom. The van der Waals surface area contributed by atoms with Crippen molar-refractivity contribution in [2.45, 2.75) is 72.1 Å². The Balaban J connectivity index is 1.86. The minimum absolute atomic E-state index is 0.233. The minimum atomic E-state index is -0.473. The van der Waals surface area contributed by atoms with Gasteiger partial charge in [0.1, 0.15) is 10.6 Å². The Labute approximate surface area is 166 Å². The molecule has 0 aromatic carbocycles. The molecule has 0 atom stereocenters. The Kier molecular flexibility index (Phi) is 7.89. The van der Waals surface area contributed by atoms with Gasteiger partial charge in [-0.25, -0.2) is 14.8 Å². The molecule has 2 rings (SSSR count). The van der Waals surface area contributed by atoms with Gasteiger partial charge in [0.2, 0.25) is 0 Å². The third-order valence-corrected chi connectivity index (χ3v) is 5.05. The highest BCUT2D eigenvalue weighted by Gasteiger charge is 2.34. The van der Waals surface area contributed by atoms with Gasteiger partial charge in [0, 0.05) is 36.8 Å². The maximum atomic E-state index is 12.4. The fraction of sp³-hybridized carbons (Fsp3) is 0.737. The Bertz CT molecular complexity index is 634. The van der Waals surface area contributed by atoms with Crippen LogP contribution in [0.5, 0.6) is 0 Å². The van der Waals surface area contributed by atoms with Crippen LogP contribution in [0.2, 0.25) is 0 Å². The van der Waals surface area contributed by atoms with Crippen molar-refractivity contribution in [3.63, 3.8) is 0 Å². The number of aromatic nitrogens is 1. The summed E-state index contributed by atoms with van der Waals surface area (Å²) < 4.78 is 5.53. The lowest BCUT2D eigenvalue weighted by atomic mass is 10.2. The lowest BCUT2D eigenvalue weighted by Gasteiger charge is -2.27. The molecule has 0 radical (unpaired) electrons. The number of rotatable bonds is 8. The molecule has 1 aliphatic rings. The first-order valence-corrected chi connectivity index (χ1v) is 10.6. The van der Waals surface area contributed by atoms with Crippen molar-refractivity contribution in [1.29, 1.82) is 0 Å². The lowest BCUT2D eigenvalue weighted by molar-refractivity contribution is 0.0238. The molecule has 1 heterocycles. The van der Waals surface area contributed by atoms with Crippen LogP contribution in [0.25, 0.3) is 0 Å². The average Bonchev–Trinajstić information content (AvgIpc) is 3.32. The van der Waals surface area contributed by atoms with Crippen molar-refractivity contribution in [3.8, 4) is 0 Å². The van der Waals surface area contributed by atoms with E-state index in [1.165, 1.54) is 4.88 Å². The number of nitrogens with zero attached hydrogens (tertiary/aromatic N) is 3. The largest absolute Gasteiger partial charge is 0.444 e. The molecular weight excluding hydrogens is 362 g/mol. The summed E-state index contributed by atoms with van der Waals surface area (Å²) in [7, 11) is 0. The third kappa shape index (κ3) is 7.74. The predicted molar refractivity (Wildman–Crippen MR) is 110 cm³/mol. The molecule has 7 nitrogen and oxygen atoms in total. The highest BCUT2D eigenvalue weighted by molar-refractivity contribution is 7.11. The van der Waals surface area contributed by atoms with Gasteiger partial charge < -0.3 is 20.3 Å². The summed E-state index contributed by atoms with van der Waals surface area (Å²) in [6.07, 6.45) is 4.80. The van der Waals surface area contributed by atoms with Crippen LogP contribution in [0.4, 0.5) is 4.79 Å². The number of thiazole rings is 1. The van der Waals surface area contributed by atoms with Crippen molar-refractivity contribution in [2.75, 3.05) is 19.6 Å². The second kappa shape index (κ2) is 9.92. The molecule has 2 N–H and O–H groups in total. The number of ether oxygens (including phenoxy) is 1. The van der Waals surface area contributed by atoms with Gasteiger partial charge >= 0.3 is 6.09 Å². The fourth-order valence-electron chi connectivity index (χ4n) is 2.50. The lowest BCUT2D eigenvalue weighted by Crippen LogP contribution is -2.45. The van der Waals surface area contributed by atoms with Crippen LogP contribution < -0.4 is 10.6 Å². The molecule has 152 valence electrons. The highest BCUT2D eigenvalue weighted by Crippen LogP contribution is 2.28. The summed E-state index contributed by atoms with van der Waals surface area (Å²) in [5, 5.41) is 7.56. The molecule has 1 aromatic heterocycles. The number of aliphatic imine (C=N–C) groups is 1. The molecule has 1 saturated carbocycles. The SMILES string of the molecule is CCNC(=NCc1ncc(CC)s1)NCCN(C(=O)OC(C)(C)C)C1CC1. The first-order chi connectivity index (χ1) is 12.8. The molecule has 1 fully saturated rings. The van der Waals surface area contributed by atoms with Crippen molar-refractivity contribution >= 4 is 23.4 Å². The molecular formula is C19H33N5O2S. The molecule has 0 saturated heterocycles. The van der Waals surface area contributed by atoms with Gasteiger partial charge in [0.05, 0.1) is 6.54 Å². The Hall–Kier alpha value is -1.83. The zero-order chi connectivity index (χ0) is 19.9. The van der Waals surface area contributed by atoms with Gasteiger partial charge in [-0.3, -0.25) is 0 Å². The van der Waals surface area contributed by atoms with E-state index >= 15 is 0 Å². The topological polar surface area (TPSA) is 78.9 Å². The maximum Gasteiger partial charge on any atom is 0.410 e. The normalized spacial score (nSPS) is 14.8. The van der Waals surface area contributed by atoms with E-state index in [0.717, 1.165) is 36.8 Å². The number of aryl methyl sites for hydroxylation is 1. The van der Waals surface area contributed by atoms with Gasteiger partial charge in [-0.1, -0.05) is 6.92 Å². The van der Waals surface area contributed by atoms with E-state index in [0.29, 0.717) is 25.7 Å². The van der Waals surface area contributed by atoms with Gasteiger partial charge in [-0.2, -0.15) is 0 Å². The highest BCUT2D eigenvalue weighted by atomic mass is 32.1. The first-order valence-electron chi connectivity index (χ1n) is 9.77. The number of amides is 1. The molecule has 27 heavy (non-hydrogen) atoms. The zero-order valence-electron chi connectivity index (χ0n) is 17.2. The van der Waals surface area contributed by atoms with Gasteiger partial charge in [-0.15, -0.1) is 11.3 Å².